The van der Waals surface area contributed by atoms with Gasteiger partial charge in [0.15, 0.2) is 0 Å². The van der Waals surface area contributed by atoms with Crippen LogP contribution >= 0.6 is 11.6 Å². The second-order valence-corrected chi connectivity index (χ2v) is 6.41. The molecular formula is C15H22ClN3O2. The van der Waals surface area contributed by atoms with Crippen molar-refractivity contribution in [3.05, 3.63) is 16.4 Å². The highest BCUT2D eigenvalue weighted by molar-refractivity contribution is 6.31. The number of nitrogens with zero attached hydrogens (tertiary/aromatic N) is 3. The van der Waals surface area contributed by atoms with Crippen LogP contribution in [0.1, 0.15) is 44.5 Å². The largest absolute Gasteiger partial charge is 0.481 e. The second-order valence-electron chi connectivity index (χ2n) is 6.03. The van der Waals surface area contributed by atoms with Gasteiger partial charge in [-0.15, -0.1) is 0 Å². The molecule has 2 bridgehead atoms. The van der Waals surface area contributed by atoms with Crippen LogP contribution in [0.4, 0.5) is 0 Å². The SMILES string of the molecule is CCc1nn(CC)c(CN2C3CCC2C(C(=O)O)C3)c1Cl. The molecule has 5 nitrogen and oxygen atoms in total. The molecule has 21 heavy (non-hydrogen) atoms. The highest BCUT2D eigenvalue weighted by Gasteiger charge is 2.49. The van der Waals surface area contributed by atoms with E-state index in [0.29, 0.717) is 6.04 Å². The lowest BCUT2D eigenvalue weighted by atomic mass is 9.89. The molecule has 1 N–H and O–H groups in total. The van der Waals surface area contributed by atoms with Crippen LogP contribution in [0.15, 0.2) is 0 Å². The van der Waals surface area contributed by atoms with Gasteiger partial charge in [0.2, 0.25) is 0 Å². The highest BCUT2D eigenvalue weighted by Crippen LogP contribution is 2.43. The van der Waals surface area contributed by atoms with E-state index in [4.69, 9.17) is 11.6 Å². The Morgan fingerprint density at radius 2 is 2.19 bits per heavy atom. The minimum atomic E-state index is -0.656. The zero-order chi connectivity index (χ0) is 15.1. The van der Waals surface area contributed by atoms with Gasteiger partial charge in [-0.1, -0.05) is 18.5 Å². The molecule has 2 aliphatic heterocycles. The molecule has 3 unspecified atom stereocenters. The summed E-state index contributed by atoms with van der Waals surface area (Å²) in [6.45, 7) is 5.63. The van der Waals surface area contributed by atoms with Crippen LogP contribution in [0.3, 0.4) is 0 Å². The van der Waals surface area contributed by atoms with Gasteiger partial charge in [0.25, 0.3) is 0 Å². The molecule has 0 aliphatic carbocycles. The van der Waals surface area contributed by atoms with Crippen molar-refractivity contribution in [3.8, 4) is 0 Å². The van der Waals surface area contributed by atoms with Crippen molar-refractivity contribution in [1.82, 2.24) is 14.7 Å². The Morgan fingerprint density at radius 1 is 1.43 bits per heavy atom. The minimum absolute atomic E-state index is 0.161. The number of fused-ring (bicyclic) bond motifs is 2. The zero-order valence-corrected chi connectivity index (χ0v) is 13.3. The zero-order valence-electron chi connectivity index (χ0n) is 12.5. The van der Waals surface area contributed by atoms with E-state index in [-0.39, 0.29) is 12.0 Å². The Balaban J connectivity index is 1.85. The first kappa shape index (κ1) is 14.9. The third kappa shape index (κ3) is 2.36. The minimum Gasteiger partial charge on any atom is -0.481 e. The summed E-state index contributed by atoms with van der Waals surface area (Å²) in [4.78, 5) is 13.7. The number of carboxylic acid groups (broad SMARTS) is 1. The number of hydrogen-bond donors (Lipinski definition) is 1. The fourth-order valence-corrected chi connectivity index (χ4v) is 4.28. The Bertz CT molecular complexity index is 557. The maximum Gasteiger partial charge on any atom is 0.308 e. The standard InChI is InChI=1S/C15H22ClN3O2/c1-3-11-14(16)13(19(4-2)17-11)8-18-9-5-6-12(18)10(7-9)15(20)21/h9-10,12H,3-8H2,1-2H3,(H,20,21). The van der Waals surface area contributed by atoms with E-state index in [9.17, 15) is 9.90 Å². The number of aryl methyl sites for hydroxylation is 2. The lowest BCUT2D eigenvalue weighted by molar-refractivity contribution is -0.142. The molecule has 2 saturated heterocycles. The summed E-state index contributed by atoms with van der Waals surface area (Å²) in [5.74, 6) is -0.872. The van der Waals surface area contributed by atoms with Crippen molar-refractivity contribution in [2.45, 2.75) is 64.7 Å². The summed E-state index contributed by atoms with van der Waals surface area (Å²) >= 11 is 6.48. The van der Waals surface area contributed by atoms with E-state index in [0.717, 1.165) is 55.2 Å². The highest BCUT2D eigenvalue weighted by atomic mass is 35.5. The molecular weight excluding hydrogens is 290 g/mol. The maximum atomic E-state index is 11.4. The number of carbonyl (C=O) groups is 1. The second kappa shape index (κ2) is 5.61. The van der Waals surface area contributed by atoms with Gasteiger partial charge in [-0.2, -0.15) is 5.10 Å². The molecule has 3 atom stereocenters. The summed E-state index contributed by atoms with van der Waals surface area (Å²) in [6, 6.07) is 0.547. The van der Waals surface area contributed by atoms with E-state index < -0.39 is 5.97 Å². The summed E-state index contributed by atoms with van der Waals surface area (Å²) in [6.07, 6.45) is 3.69. The first-order valence-electron chi connectivity index (χ1n) is 7.79. The number of halogens is 1. The van der Waals surface area contributed by atoms with E-state index >= 15 is 0 Å². The predicted molar refractivity (Wildman–Crippen MR) is 80.4 cm³/mol. The molecule has 0 radical (unpaired) electrons. The van der Waals surface area contributed by atoms with Crippen LogP contribution in [0, 0.1) is 5.92 Å². The lowest BCUT2D eigenvalue weighted by Crippen LogP contribution is -2.33. The quantitative estimate of drug-likeness (QED) is 0.908. The lowest BCUT2D eigenvalue weighted by Gasteiger charge is -2.23. The average Bonchev–Trinajstić information content (AvgIpc) is 3.12. The third-order valence-electron chi connectivity index (χ3n) is 5.02. The van der Waals surface area contributed by atoms with E-state index in [1.165, 1.54) is 0 Å². The maximum absolute atomic E-state index is 11.4. The Hall–Kier alpha value is -1.07. The van der Waals surface area contributed by atoms with Crippen molar-refractivity contribution in [2.75, 3.05) is 0 Å². The molecule has 2 aliphatic rings. The molecule has 0 aromatic carbocycles. The third-order valence-corrected chi connectivity index (χ3v) is 5.46. The van der Waals surface area contributed by atoms with Crippen molar-refractivity contribution >= 4 is 17.6 Å². The van der Waals surface area contributed by atoms with Crippen LogP contribution < -0.4 is 0 Å². The first-order chi connectivity index (χ1) is 10.1. The molecule has 3 rings (SSSR count). The van der Waals surface area contributed by atoms with E-state index in [1.807, 2.05) is 4.68 Å². The number of aromatic nitrogens is 2. The first-order valence-corrected chi connectivity index (χ1v) is 8.17. The van der Waals surface area contributed by atoms with Gasteiger partial charge in [0, 0.05) is 25.2 Å². The molecule has 0 saturated carbocycles. The van der Waals surface area contributed by atoms with Gasteiger partial charge in [0.05, 0.1) is 22.3 Å². The number of aliphatic carboxylic acids is 1. The van der Waals surface area contributed by atoms with E-state index in [2.05, 4.69) is 23.8 Å². The molecule has 0 amide bonds. The summed E-state index contributed by atoms with van der Waals surface area (Å²) < 4.78 is 1.97. The predicted octanol–water partition coefficient (Wildman–Crippen LogP) is 2.56. The van der Waals surface area contributed by atoms with Gasteiger partial charge in [-0.25, -0.2) is 0 Å². The molecule has 6 heteroatoms. The van der Waals surface area contributed by atoms with Crippen molar-refractivity contribution in [2.24, 2.45) is 5.92 Å². The van der Waals surface area contributed by atoms with Crippen LogP contribution in [-0.2, 0) is 24.3 Å². The number of rotatable bonds is 5. The summed E-state index contributed by atoms with van der Waals surface area (Å²) in [5, 5.41) is 14.7. The van der Waals surface area contributed by atoms with Gasteiger partial charge in [0.1, 0.15) is 0 Å². The molecule has 3 heterocycles. The van der Waals surface area contributed by atoms with Gasteiger partial charge in [-0.3, -0.25) is 14.4 Å². The molecule has 2 fully saturated rings. The van der Waals surface area contributed by atoms with Gasteiger partial charge in [-0.05, 0) is 32.6 Å². The molecule has 1 aromatic heterocycles. The fourth-order valence-electron chi connectivity index (χ4n) is 3.95. The van der Waals surface area contributed by atoms with Crippen LogP contribution in [0.5, 0.6) is 0 Å². The van der Waals surface area contributed by atoms with E-state index in [1.54, 1.807) is 0 Å². The van der Waals surface area contributed by atoms with Crippen LogP contribution in [0.25, 0.3) is 0 Å². The average molecular weight is 312 g/mol. The number of carboxylic acids is 1. The summed E-state index contributed by atoms with van der Waals surface area (Å²) in [5.41, 5.74) is 1.98. The molecule has 1 aromatic rings. The van der Waals surface area contributed by atoms with Crippen molar-refractivity contribution in [3.63, 3.8) is 0 Å². The Labute approximate surface area is 129 Å². The fraction of sp³-hybridized carbons (Fsp3) is 0.733. The van der Waals surface area contributed by atoms with Crippen molar-refractivity contribution < 1.29 is 9.90 Å². The molecule has 0 spiro atoms. The summed E-state index contributed by atoms with van der Waals surface area (Å²) in [7, 11) is 0. The van der Waals surface area contributed by atoms with Gasteiger partial charge >= 0.3 is 5.97 Å². The van der Waals surface area contributed by atoms with Crippen LogP contribution in [0.2, 0.25) is 5.02 Å². The van der Waals surface area contributed by atoms with Crippen molar-refractivity contribution in [1.29, 1.82) is 0 Å². The van der Waals surface area contributed by atoms with Gasteiger partial charge < -0.3 is 5.11 Å². The molecule has 116 valence electrons. The monoisotopic (exact) mass is 311 g/mol. The number of hydrogen-bond acceptors (Lipinski definition) is 3. The van der Waals surface area contributed by atoms with Crippen LogP contribution in [-0.4, -0.2) is 37.8 Å². The smallest absolute Gasteiger partial charge is 0.308 e. The normalized spacial score (nSPS) is 28.4. The topological polar surface area (TPSA) is 58.4 Å². The Kier molecular flexibility index (Phi) is 3.97. The Morgan fingerprint density at radius 3 is 2.76 bits per heavy atom.